The van der Waals surface area contributed by atoms with E-state index in [0.29, 0.717) is 17.0 Å². The fraction of sp³-hybridized carbons (Fsp3) is 0.588. The Morgan fingerprint density at radius 3 is 2.95 bits per heavy atom. The molecule has 0 spiro atoms. The van der Waals surface area contributed by atoms with Gasteiger partial charge < -0.3 is 10.3 Å². The molecule has 1 aromatic heterocycles. The van der Waals surface area contributed by atoms with Crippen LogP contribution in [-0.4, -0.2) is 9.55 Å². The summed E-state index contributed by atoms with van der Waals surface area (Å²) >= 11 is 0. The van der Waals surface area contributed by atoms with E-state index in [1.54, 1.807) is 6.92 Å². The monoisotopic (exact) mass is 289 g/mol. The molecule has 21 heavy (non-hydrogen) atoms. The van der Waals surface area contributed by atoms with Crippen LogP contribution in [0.5, 0.6) is 0 Å². The number of hydrogen-bond acceptors (Lipinski definition) is 2. The summed E-state index contributed by atoms with van der Waals surface area (Å²) in [5, 5.41) is 0. The summed E-state index contributed by atoms with van der Waals surface area (Å²) < 4.78 is 15.7. The molecule has 0 radical (unpaired) electrons. The van der Waals surface area contributed by atoms with Crippen LogP contribution in [0.25, 0.3) is 11.0 Å². The number of anilines is 1. The molecule has 1 saturated carbocycles. The largest absolute Gasteiger partial charge is 0.369 e. The summed E-state index contributed by atoms with van der Waals surface area (Å²) in [5.74, 6) is 1.91. The van der Waals surface area contributed by atoms with Crippen molar-refractivity contribution in [3.05, 3.63) is 23.5 Å². The molecule has 4 heteroatoms. The number of benzene rings is 1. The van der Waals surface area contributed by atoms with Crippen LogP contribution in [0.2, 0.25) is 0 Å². The summed E-state index contributed by atoms with van der Waals surface area (Å²) in [6.07, 6.45) is 6.49. The van der Waals surface area contributed by atoms with Crippen molar-refractivity contribution < 1.29 is 4.39 Å². The highest BCUT2D eigenvalue weighted by Crippen LogP contribution is 2.32. The van der Waals surface area contributed by atoms with Crippen LogP contribution < -0.4 is 5.73 Å². The Labute approximate surface area is 125 Å². The zero-order valence-corrected chi connectivity index (χ0v) is 12.9. The van der Waals surface area contributed by atoms with E-state index < -0.39 is 0 Å². The van der Waals surface area contributed by atoms with Gasteiger partial charge in [-0.3, -0.25) is 0 Å². The second-order valence-electron chi connectivity index (χ2n) is 6.64. The first-order chi connectivity index (χ1) is 10.0. The molecule has 3 rings (SSSR count). The molecule has 2 N–H and O–H groups in total. The van der Waals surface area contributed by atoms with Crippen LogP contribution >= 0.6 is 0 Å². The highest BCUT2D eigenvalue weighted by atomic mass is 19.1. The molecule has 1 heterocycles. The lowest BCUT2D eigenvalue weighted by Crippen LogP contribution is -2.16. The second-order valence-corrected chi connectivity index (χ2v) is 6.64. The van der Waals surface area contributed by atoms with Crippen molar-refractivity contribution in [2.75, 3.05) is 5.73 Å². The third-order valence-electron chi connectivity index (χ3n) is 4.86. The van der Waals surface area contributed by atoms with E-state index in [4.69, 9.17) is 5.73 Å². The molecular weight excluding hydrogens is 265 g/mol. The summed E-state index contributed by atoms with van der Waals surface area (Å²) in [6, 6.07) is 3.34. The van der Waals surface area contributed by atoms with Crippen LogP contribution in [0, 0.1) is 24.6 Å². The highest BCUT2D eigenvalue weighted by molar-refractivity contribution is 5.79. The summed E-state index contributed by atoms with van der Waals surface area (Å²) in [5.41, 5.74) is 8.29. The quantitative estimate of drug-likeness (QED) is 0.916. The topological polar surface area (TPSA) is 43.8 Å². The van der Waals surface area contributed by atoms with Gasteiger partial charge in [0, 0.05) is 12.6 Å². The highest BCUT2D eigenvalue weighted by Gasteiger charge is 2.19. The van der Waals surface area contributed by atoms with Crippen LogP contribution in [0.1, 0.15) is 44.6 Å². The minimum absolute atomic E-state index is 0.215. The fourth-order valence-electron chi connectivity index (χ4n) is 3.64. The number of fused-ring (bicyclic) bond motifs is 1. The molecule has 2 aromatic rings. The molecule has 1 aliphatic rings. The van der Waals surface area contributed by atoms with E-state index in [2.05, 4.69) is 11.9 Å². The van der Waals surface area contributed by atoms with Gasteiger partial charge in [-0.25, -0.2) is 9.37 Å². The van der Waals surface area contributed by atoms with Gasteiger partial charge in [-0.2, -0.15) is 0 Å². The van der Waals surface area contributed by atoms with Gasteiger partial charge in [0.1, 0.15) is 5.82 Å². The predicted octanol–water partition coefficient (Wildman–Crippen LogP) is 4.28. The van der Waals surface area contributed by atoms with E-state index in [9.17, 15) is 4.39 Å². The maximum Gasteiger partial charge on any atom is 0.201 e. The van der Waals surface area contributed by atoms with E-state index >= 15 is 0 Å². The van der Waals surface area contributed by atoms with E-state index in [1.165, 1.54) is 31.7 Å². The fourth-order valence-corrected chi connectivity index (χ4v) is 3.64. The molecule has 0 aliphatic heterocycles. The van der Waals surface area contributed by atoms with Gasteiger partial charge in [0.05, 0.1) is 11.0 Å². The van der Waals surface area contributed by atoms with Crippen molar-refractivity contribution in [2.24, 2.45) is 11.8 Å². The Morgan fingerprint density at radius 1 is 1.38 bits per heavy atom. The molecule has 1 aliphatic carbocycles. The molecule has 3 nitrogen and oxygen atoms in total. The molecule has 0 saturated heterocycles. The van der Waals surface area contributed by atoms with E-state index in [-0.39, 0.29) is 5.82 Å². The maximum atomic E-state index is 13.6. The molecular formula is C17H24FN3. The number of aromatic nitrogens is 2. The summed E-state index contributed by atoms with van der Waals surface area (Å²) in [4.78, 5) is 4.29. The van der Waals surface area contributed by atoms with Crippen molar-refractivity contribution in [3.63, 3.8) is 0 Å². The van der Waals surface area contributed by atoms with Crippen molar-refractivity contribution >= 4 is 17.0 Å². The Balaban J connectivity index is 1.80. The molecule has 0 amide bonds. The first-order valence-electron chi connectivity index (χ1n) is 7.96. The second kappa shape index (κ2) is 5.66. The van der Waals surface area contributed by atoms with E-state index in [1.807, 2.05) is 10.6 Å². The number of rotatable bonds is 3. The lowest BCUT2D eigenvalue weighted by Gasteiger charge is -2.26. The van der Waals surface area contributed by atoms with Gasteiger partial charge in [0.15, 0.2) is 0 Å². The van der Waals surface area contributed by atoms with Crippen molar-refractivity contribution in [3.8, 4) is 0 Å². The summed E-state index contributed by atoms with van der Waals surface area (Å²) in [6.45, 7) is 5.01. The van der Waals surface area contributed by atoms with Gasteiger partial charge >= 0.3 is 0 Å². The molecule has 2 unspecified atom stereocenters. The molecule has 0 bridgehead atoms. The average Bonchev–Trinajstić information content (AvgIpc) is 2.72. The molecule has 1 aromatic carbocycles. The number of aryl methyl sites for hydroxylation is 2. The van der Waals surface area contributed by atoms with Crippen molar-refractivity contribution in [1.82, 2.24) is 9.55 Å². The van der Waals surface area contributed by atoms with Crippen LogP contribution in [0.15, 0.2) is 12.1 Å². The SMILES string of the molecule is Cc1cc2c(cc1F)nc(N)n2CCC1CCCC(C)C1. The normalized spacial score (nSPS) is 22.8. The predicted molar refractivity (Wildman–Crippen MR) is 84.6 cm³/mol. The number of nitrogens with two attached hydrogens (primary N) is 1. The van der Waals surface area contributed by atoms with Crippen LogP contribution in [0.4, 0.5) is 10.3 Å². The van der Waals surface area contributed by atoms with Crippen LogP contribution in [0.3, 0.4) is 0 Å². The number of hydrogen-bond donors (Lipinski definition) is 1. The molecule has 2 atom stereocenters. The lowest BCUT2D eigenvalue weighted by atomic mass is 9.81. The number of nitrogens with zero attached hydrogens (tertiary/aromatic N) is 2. The third kappa shape index (κ3) is 2.89. The standard InChI is InChI=1S/C17H24FN3/c1-11-4-3-5-13(8-11)6-7-21-16-9-12(2)14(18)10-15(16)20-17(21)19/h9-11,13H,3-8H2,1-2H3,(H2,19,20). The van der Waals surface area contributed by atoms with Gasteiger partial charge in [0.2, 0.25) is 5.95 Å². The van der Waals surface area contributed by atoms with Gasteiger partial charge in [-0.05, 0) is 43.2 Å². The third-order valence-corrected chi connectivity index (χ3v) is 4.86. The molecule has 1 fully saturated rings. The smallest absolute Gasteiger partial charge is 0.201 e. The van der Waals surface area contributed by atoms with Crippen molar-refractivity contribution in [2.45, 2.75) is 52.5 Å². The number of imidazole rings is 1. The van der Waals surface area contributed by atoms with Gasteiger partial charge in [-0.1, -0.05) is 26.2 Å². The Bertz CT molecular complexity index is 647. The van der Waals surface area contributed by atoms with Gasteiger partial charge in [-0.15, -0.1) is 0 Å². The summed E-state index contributed by atoms with van der Waals surface area (Å²) in [7, 11) is 0. The number of halogens is 1. The minimum Gasteiger partial charge on any atom is -0.369 e. The van der Waals surface area contributed by atoms with Crippen LogP contribution in [-0.2, 0) is 6.54 Å². The minimum atomic E-state index is -0.215. The Hall–Kier alpha value is -1.58. The lowest BCUT2D eigenvalue weighted by molar-refractivity contribution is 0.262. The first kappa shape index (κ1) is 14.4. The molecule has 114 valence electrons. The Morgan fingerprint density at radius 2 is 2.19 bits per heavy atom. The number of nitrogen functional groups attached to an aromatic ring is 1. The van der Waals surface area contributed by atoms with Gasteiger partial charge in [0.25, 0.3) is 0 Å². The Kier molecular flexibility index (Phi) is 3.87. The van der Waals surface area contributed by atoms with E-state index in [0.717, 1.165) is 30.3 Å². The first-order valence-corrected chi connectivity index (χ1v) is 7.96. The zero-order valence-electron chi connectivity index (χ0n) is 12.9. The zero-order chi connectivity index (χ0) is 15.0. The maximum absolute atomic E-state index is 13.6. The average molecular weight is 289 g/mol. The van der Waals surface area contributed by atoms with Crippen molar-refractivity contribution in [1.29, 1.82) is 0 Å².